The zero-order valence-corrected chi connectivity index (χ0v) is 23.4. The molecule has 1 aliphatic rings. The lowest BCUT2D eigenvalue weighted by Gasteiger charge is -2.28. The van der Waals surface area contributed by atoms with Crippen LogP contribution in [-0.2, 0) is 36.8 Å². The van der Waals surface area contributed by atoms with Crippen LogP contribution >= 0.6 is 0 Å². The van der Waals surface area contributed by atoms with Gasteiger partial charge in [0.05, 0.1) is 6.04 Å². The van der Waals surface area contributed by atoms with Crippen molar-refractivity contribution in [2.75, 3.05) is 6.54 Å². The third kappa shape index (κ3) is 7.89. The monoisotopic (exact) mass is 593 g/mol. The van der Waals surface area contributed by atoms with E-state index in [9.17, 15) is 34.2 Å². The molecule has 228 valence electrons. The predicted octanol–water partition coefficient (Wildman–Crippen LogP) is 0.896. The Morgan fingerprint density at radius 3 is 2.40 bits per heavy atom. The van der Waals surface area contributed by atoms with E-state index in [2.05, 4.69) is 15.6 Å². The number of aromatic nitrogens is 1. The number of carboxylic acid groups (broad SMARTS) is 2. The molecule has 0 spiro atoms. The van der Waals surface area contributed by atoms with Crippen molar-refractivity contribution in [2.24, 2.45) is 5.73 Å². The number of para-hydroxylation sites is 1. The van der Waals surface area contributed by atoms with Crippen LogP contribution in [0.15, 0.2) is 54.7 Å². The molecule has 1 fully saturated rings. The summed E-state index contributed by atoms with van der Waals surface area (Å²) in [6.45, 7) is 0.301. The first-order valence-corrected chi connectivity index (χ1v) is 14.0. The lowest BCUT2D eigenvalue weighted by Crippen LogP contribution is -2.57. The molecule has 13 nitrogen and oxygen atoms in total. The van der Waals surface area contributed by atoms with Gasteiger partial charge in [0, 0.05) is 36.5 Å². The zero-order chi connectivity index (χ0) is 31.1. The van der Waals surface area contributed by atoms with Gasteiger partial charge in [-0.05, 0) is 55.0 Å². The van der Waals surface area contributed by atoms with Crippen molar-refractivity contribution in [3.63, 3.8) is 0 Å². The number of benzene rings is 2. The number of likely N-dealkylation sites (tertiary alicyclic amines) is 1. The van der Waals surface area contributed by atoms with Crippen LogP contribution in [0.5, 0.6) is 5.75 Å². The van der Waals surface area contributed by atoms with Crippen molar-refractivity contribution < 1.29 is 39.3 Å². The summed E-state index contributed by atoms with van der Waals surface area (Å²) in [6, 6.07) is 9.14. The minimum Gasteiger partial charge on any atom is -0.508 e. The van der Waals surface area contributed by atoms with Gasteiger partial charge in [-0.2, -0.15) is 0 Å². The topological polar surface area (TPSA) is 215 Å². The average molecular weight is 594 g/mol. The fraction of sp³-hybridized carbons (Fsp3) is 0.367. The molecule has 4 rings (SSSR count). The molecule has 1 aromatic heterocycles. The van der Waals surface area contributed by atoms with Crippen LogP contribution in [0.4, 0.5) is 0 Å². The highest BCUT2D eigenvalue weighted by Crippen LogP contribution is 2.22. The van der Waals surface area contributed by atoms with Crippen LogP contribution < -0.4 is 16.4 Å². The molecule has 3 aromatic rings. The maximum absolute atomic E-state index is 13.6. The van der Waals surface area contributed by atoms with E-state index in [1.165, 1.54) is 17.0 Å². The first-order valence-electron chi connectivity index (χ1n) is 14.0. The Balaban J connectivity index is 1.51. The minimum absolute atomic E-state index is 0.00783. The fourth-order valence-corrected chi connectivity index (χ4v) is 5.28. The molecule has 0 radical (unpaired) electrons. The number of hydrogen-bond acceptors (Lipinski definition) is 7. The maximum Gasteiger partial charge on any atom is 0.326 e. The number of nitrogens with two attached hydrogens (primary N) is 1. The van der Waals surface area contributed by atoms with E-state index in [0.29, 0.717) is 24.9 Å². The molecule has 13 heteroatoms. The number of amides is 3. The number of rotatable bonds is 13. The summed E-state index contributed by atoms with van der Waals surface area (Å²) in [7, 11) is 0. The summed E-state index contributed by atoms with van der Waals surface area (Å²) in [6.07, 6.45) is 1.99. The number of phenolic OH excluding ortho intramolecular Hbond substituents is 1. The van der Waals surface area contributed by atoms with Gasteiger partial charge in [0.2, 0.25) is 17.7 Å². The highest BCUT2D eigenvalue weighted by atomic mass is 16.4. The van der Waals surface area contributed by atoms with Gasteiger partial charge >= 0.3 is 11.9 Å². The van der Waals surface area contributed by atoms with Gasteiger partial charge in [-0.15, -0.1) is 0 Å². The second-order valence-corrected chi connectivity index (χ2v) is 10.6. The summed E-state index contributed by atoms with van der Waals surface area (Å²) in [5.41, 5.74) is 8.45. The summed E-state index contributed by atoms with van der Waals surface area (Å²) in [4.78, 5) is 67.5. The Hall–Kier alpha value is -4.91. The lowest BCUT2D eigenvalue weighted by atomic mass is 10.0. The second-order valence-electron chi connectivity index (χ2n) is 10.6. The molecule has 4 unspecified atom stereocenters. The molecule has 2 heterocycles. The van der Waals surface area contributed by atoms with Crippen LogP contribution in [0.1, 0.15) is 36.8 Å². The number of aromatic hydroxyl groups is 1. The van der Waals surface area contributed by atoms with Crippen molar-refractivity contribution >= 4 is 40.6 Å². The number of carbonyl (C=O) groups excluding carboxylic acids is 3. The SMILES string of the molecule is NC(Cc1ccc(O)cc1)C(=O)N1CCCC1C(=O)NC(Cc1c[nH]c2ccccc12)C(=O)NC(CCC(=O)O)C(=O)O. The normalized spacial score (nSPS) is 16.8. The third-order valence-corrected chi connectivity index (χ3v) is 7.54. The van der Waals surface area contributed by atoms with E-state index in [1.807, 2.05) is 24.3 Å². The molecule has 3 amide bonds. The molecule has 4 atom stereocenters. The van der Waals surface area contributed by atoms with Gasteiger partial charge in [0.25, 0.3) is 0 Å². The van der Waals surface area contributed by atoms with E-state index in [0.717, 1.165) is 16.5 Å². The first kappa shape index (κ1) is 31.0. The Kier molecular flexibility index (Phi) is 9.99. The number of hydrogen-bond donors (Lipinski definition) is 7. The molecule has 8 N–H and O–H groups in total. The number of aromatic amines is 1. The number of fused-ring (bicyclic) bond motifs is 1. The van der Waals surface area contributed by atoms with E-state index >= 15 is 0 Å². The molecule has 0 bridgehead atoms. The van der Waals surface area contributed by atoms with E-state index in [-0.39, 0.29) is 25.0 Å². The van der Waals surface area contributed by atoms with Crippen LogP contribution in [0.3, 0.4) is 0 Å². The Labute approximate surface area is 247 Å². The summed E-state index contributed by atoms with van der Waals surface area (Å²) >= 11 is 0. The molecule has 1 saturated heterocycles. The number of carboxylic acids is 2. The van der Waals surface area contributed by atoms with Crippen LogP contribution in [0, 0.1) is 0 Å². The molecular weight excluding hydrogens is 558 g/mol. The molecule has 43 heavy (non-hydrogen) atoms. The molecule has 2 aromatic carbocycles. The maximum atomic E-state index is 13.6. The highest BCUT2D eigenvalue weighted by Gasteiger charge is 2.38. The standard InChI is InChI=1S/C30H35N5O8/c31-21(14-17-7-9-19(36)10-8-17)29(41)35-13-3-6-25(35)28(40)34-24(15-18-16-32-22-5-2-1-4-20(18)22)27(39)33-23(30(42)43)11-12-26(37)38/h1-2,4-5,7-10,16,21,23-25,32,36H,3,6,11-15,31H2,(H,33,39)(H,34,40)(H,37,38)(H,42,43). The molecular formula is C30H35N5O8. The Morgan fingerprint density at radius 2 is 1.70 bits per heavy atom. The quantitative estimate of drug-likeness (QED) is 0.150. The van der Waals surface area contributed by atoms with Crippen molar-refractivity contribution in [2.45, 2.75) is 62.7 Å². The first-order chi connectivity index (χ1) is 20.5. The summed E-state index contributed by atoms with van der Waals surface area (Å²) in [5.74, 6) is -4.33. The zero-order valence-electron chi connectivity index (χ0n) is 23.4. The molecule has 1 aliphatic heterocycles. The number of carbonyl (C=O) groups is 5. The van der Waals surface area contributed by atoms with Crippen molar-refractivity contribution in [1.29, 1.82) is 0 Å². The Morgan fingerprint density at radius 1 is 0.977 bits per heavy atom. The number of nitrogens with zero attached hydrogens (tertiary/aromatic N) is 1. The van der Waals surface area contributed by atoms with Crippen molar-refractivity contribution in [3.05, 3.63) is 65.9 Å². The van der Waals surface area contributed by atoms with E-state index in [4.69, 9.17) is 10.8 Å². The number of phenols is 1. The van der Waals surface area contributed by atoms with Crippen molar-refractivity contribution in [1.82, 2.24) is 20.5 Å². The predicted molar refractivity (Wildman–Crippen MR) is 155 cm³/mol. The second kappa shape index (κ2) is 13.8. The fourth-order valence-electron chi connectivity index (χ4n) is 5.28. The Bertz CT molecular complexity index is 1490. The average Bonchev–Trinajstić information content (AvgIpc) is 3.63. The van der Waals surface area contributed by atoms with Gasteiger partial charge < -0.3 is 41.6 Å². The molecule has 0 aliphatic carbocycles. The molecule has 0 saturated carbocycles. The summed E-state index contributed by atoms with van der Waals surface area (Å²) in [5, 5.41) is 33.9. The number of nitrogens with one attached hydrogen (secondary N) is 3. The van der Waals surface area contributed by atoms with Crippen molar-refractivity contribution in [3.8, 4) is 5.75 Å². The van der Waals surface area contributed by atoms with E-state index < -0.39 is 60.2 Å². The van der Waals surface area contributed by atoms with Gasteiger partial charge in [0.15, 0.2) is 0 Å². The van der Waals surface area contributed by atoms with Gasteiger partial charge in [0.1, 0.15) is 23.9 Å². The summed E-state index contributed by atoms with van der Waals surface area (Å²) < 4.78 is 0. The van der Waals surface area contributed by atoms with Gasteiger partial charge in [-0.25, -0.2) is 4.79 Å². The van der Waals surface area contributed by atoms with Crippen LogP contribution in [-0.4, -0.2) is 85.6 Å². The third-order valence-electron chi connectivity index (χ3n) is 7.54. The number of H-pyrrole nitrogens is 1. The van der Waals surface area contributed by atoms with Crippen LogP contribution in [0.2, 0.25) is 0 Å². The highest BCUT2D eigenvalue weighted by molar-refractivity contribution is 5.95. The number of aliphatic carboxylic acids is 2. The lowest BCUT2D eigenvalue weighted by molar-refractivity contribution is -0.144. The minimum atomic E-state index is -1.48. The van der Waals surface area contributed by atoms with E-state index in [1.54, 1.807) is 18.3 Å². The van der Waals surface area contributed by atoms with Gasteiger partial charge in [-0.1, -0.05) is 30.3 Å². The van der Waals surface area contributed by atoms with Crippen LogP contribution in [0.25, 0.3) is 10.9 Å². The van der Waals surface area contributed by atoms with Gasteiger partial charge in [-0.3, -0.25) is 19.2 Å². The largest absolute Gasteiger partial charge is 0.508 e. The smallest absolute Gasteiger partial charge is 0.326 e.